The molecule has 0 aromatic rings. The Balaban J connectivity index is 0. The van der Waals surface area contributed by atoms with E-state index in [1.807, 2.05) is 0 Å². The van der Waals surface area contributed by atoms with Gasteiger partial charge in [0.1, 0.15) is 0 Å². The van der Waals surface area contributed by atoms with Crippen molar-refractivity contribution in [3.8, 4) is 0 Å². The van der Waals surface area contributed by atoms with Crippen molar-refractivity contribution in [2.45, 2.75) is 0 Å². The Morgan fingerprint density at radius 3 is 2.00 bits per heavy atom. The second-order valence-corrected chi connectivity index (χ2v) is 0.658. The molecule has 0 saturated heterocycles. The zero-order chi connectivity index (χ0) is 6.99. The quantitative estimate of drug-likeness (QED) is 0.368. The molecule has 0 aliphatic rings. The molecule has 0 atom stereocenters. The van der Waals surface area contributed by atoms with Crippen LogP contribution in [0.15, 0.2) is 4.36 Å². The van der Waals surface area contributed by atoms with Gasteiger partial charge in [-0.3, -0.25) is 0 Å². The van der Waals surface area contributed by atoms with E-state index in [0.717, 1.165) is 6.08 Å². The highest BCUT2D eigenvalue weighted by molar-refractivity contribution is 7.47. The summed E-state index contributed by atoms with van der Waals surface area (Å²) in [6, 6.07) is 0. The molecule has 0 bridgehead atoms. The maximum Gasteiger partial charge on any atom is 0.442 e. The van der Waals surface area contributed by atoms with Gasteiger partial charge in [-0.15, -0.1) is 4.36 Å². The SMILES string of the molecule is N=C=O.O=C(O)N=S. The highest BCUT2D eigenvalue weighted by Gasteiger charge is 1.77. The van der Waals surface area contributed by atoms with Crippen LogP contribution in [0, 0.1) is 5.41 Å². The zero-order valence-electron chi connectivity index (χ0n) is 3.62. The molecule has 44 valence electrons. The smallest absolute Gasteiger partial charge is 0.442 e. The fourth-order valence-electron chi connectivity index (χ4n) is 0. The molecule has 1 amide bonds. The number of carboxylic acid groups (broad SMARTS) is 1. The normalized spacial score (nSPS) is 5.00. The van der Waals surface area contributed by atoms with E-state index in [1.54, 1.807) is 0 Å². The number of nitrogens with zero attached hydrogens (tertiary/aromatic N) is 1. The van der Waals surface area contributed by atoms with E-state index < -0.39 is 6.09 Å². The zero-order valence-corrected chi connectivity index (χ0v) is 4.44. The minimum atomic E-state index is -1.31. The van der Waals surface area contributed by atoms with Crippen molar-refractivity contribution in [2.24, 2.45) is 4.36 Å². The van der Waals surface area contributed by atoms with Crippen molar-refractivity contribution in [2.75, 3.05) is 0 Å². The van der Waals surface area contributed by atoms with Crippen LogP contribution in [0.3, 0.4) is 0 Å². The molecule has 0 rings (SSSR count). The third-order valence-electron chi connectivity index (χ3n) is 0.0781. The molecule has 0 aliphatic heterocycles. The fourth-order valence-corrected chi connectivity index (χ4v) is 0. The summed E-state index contributed by atoms with van der Waals surface area (Å²) in [7, 11) is 0. The summed E-state index contributed by atoms with van der Waals surface area (Å²) in [6.07, 6.45) is -0.556. The maximum atomic E-state index is 9.10. The molecule has 0 heterocycles. The molecule has 0 radical (unpaired) electrons. The Hall–Kier alpha value is -1.13. The number of isocyanates is 1. The third kappa shape index (κ3) is 96.4. The largest absolute Gasteiger partial charge is 0.463 e. The van der Waals surface area contributed by atoms with E-state index in [4.69, 9.17) is 20.1 Å². The van der Waals surface area contributed by atoms with Crippen LogP contribution in [-0.2, 0) is 17.2 Å². The molecule has 0 aromatic carbocycles. The molecule has 8 heavy (non-hydrogen) atoms. The average Bonchev–Trinajstić information content (AvgIpc) is 1.69. The molecule has 0 aromatic heterocycles. The van der Waals surface area contributed by atoms with Crippen LogP contribution < -0.4 is 0 Å². The van der Waals surface area contributed by atoms with Gasteiger partial charge in [-0.2, -0.15) is 0 Å². The lowest BCUT2D eigenvalue weighted by atomic mass is 11.3. The van der Waals surface area contributed by atoms with Crippen molar-refractivity contribution in [3.63, 3.8) is 0 Å². The van der Waals surface area contributed by atoms with Gasteiger partial charge in [-0.1, -0.05) is 0 Å². The van der Waals surface area contributed by atoms with Crippen LogP contribution in [0.4, 0.5) is 4.79 Å². The number of carbonyl (C=O) groups excluding carboxylic acids is 1. The molecule has 0 unspecified atom stereocenters. The molecule has 0 spiro atoms. The van der Waals surface area contributed by atoms with Crippen molar-refractivity contribution in [1.82, 2.24) is 0 Å². The lowest BCUT2D eigenvalue weighted by molar-refractivity contribution is 0.206. The van der Waals surface area contributed by atoms with Gasteiger partial charge >= 0.3 is 6.09 Å². The van der Waals surface area contributed by atoms with Crippen LogP contribution >= 0.6 is 0 Å². The first-order chi connectivity index (χ1) is 3.68. The van der Waals surface area contributed by atoms with Gasteiger partial charge in [0.15, 0.2) is 0 Å². The van der Waals surface area contributed by atoms with Crippen molar-refractivity contribution in [1.29, 1.82) is 5.41 Å². The standard InChI is InChI=1S/CHNO2S.CHNO/c3-1(4)2-5;2-1-3/h(H,3,4);2H. The van der Waals surface area contributed by atoms with Gasteiger partial charge < -0.3 is 5.11 Å². The number of carbonyl (C=O) groups is 1. The first-order valence-corrected chi connectivity index (χ1v) is 1.65. The Labute approximate surface area is 50.0 Å². The van der Waals surface area contributed by atoms with E-state index in [9.17, 15) is 0 Å². The minimum Gasteiger partial charge on any atom is -0.463 e. The summed E-state index contributed by atoms with van der Waals surface area (Å²) in [4.78, 5) is 17.4. The molecular formula is C2H2N2O3S. The van der Waals surface area contributed by atoms with Crippen LogP contribution in [0.1, 0.15) is 0 Å². The average molecular weight is 134 g/mol. The van der Waals surface area contributed by atoms with Gasteiger partial charge in [0.05, 0.1) is 0 Å². The summed E-state index contributed by atoms with van der Waals surface area (Å²) < 4.78 is 2.39. The highest BCUT2D eigenvalue weighted by Crippen LogP contribution is 1.60. The Morgan fingerprint density at radius 1 is 1.88 bits per heavy atom. The topological polar surface area (TPSA) is 90.6 Å². The van der Waals surface area contributed by atoms with Gasteiger partial charge in [0.25, 0.3) is 0 Å². The lowest BCUT2D eigenvalue weighted by Gasteiger charge is -1.61. The fraction of sp³-hybridized carbons (Fsp3) is 0. The van der Waals surface area contributed by atoms with Gasteiger partial charge in [-0.25, -0.2) is 15.0 Å². The molecule has 5 nitrogen and oxygen atoms in total. The van der Waals surface area contributed by atoms with Gasteiger partial charge in [0, 0.05) is 12.4 Å². The second-order valence-electron chi connectivity index (χ2n) is 0.476. The van der Waals surface area contributed by atoms with Crippen LogP contribution in [-0.4, -0.2) is 17.3 Å². The van der Waals surface area contributed by atoms with Gasteiger partial charge in [0.2, 0.25) is 6.08 Å². The maximum absolute atomic E-state index is 9.10. The number of hydrogen-bond acceptors (Lipinski definition) is 4. The summed E-state index contributed by atoms with van der Waals surface area (Å²) in [5.74, 6) is 0. The van der Waals surface area contributed by atoms with Crippen LogP contribution in [0.2, 0.25) is 0 Å². The minimum absolute atomic E-state index is 0.750. The Bertz CT molecular complexity index is 116. The summed E-state index contributed by atoms with van der Waals surface area (Å²) >= 11 is 3.70. The molecule has 0 saturated carbocycles. The molecular weight excluding hydrogens is 132 g/mol. The predicted molar refractivity (Wildman–Crippen MR) is 26.2 cm³/mol. The molecule has 0 fully saturated rings. The van der Waals surface area contributed by atoms with E-state index >= 15 is 0 Å². The highest BCUT2D eigenvalue weighted by atomic mass is 32.1. The number of hydrogen-bond donors (Lipinski definition) is 2. The number of nitrogens with one attached hydrogen (secondary N) is 1. The second kappa shape index (κ2) is 9.30. The summed E-state index contributed by atoms with van der Waals surface area (Å²) in [5, 5.41) is 12.9. The van der Waals surface area contributed by atoms with Crippen molar-refractivity contribution in [3.05, 3.63) is 0 Å². The predicted octanol–water partition coefficient (Wildman–Crippen LogP) is 0.296. The first-order valence-electron chi connectivity index (χ1n) is 1.29. The lowest BCUT2D eigenvalue weighted by Crippen LogP contribution is -1.77. The molecule has 2 N–H and O–H groups in total. The van der Waals surface area contributed by atoms with Gasteiger partial charge in [-0.05, 0) is 0 Å². The van der Waals surface area contributed by atoms with Crippen molar-refractivity contribution >= 4 is 24.6 Å². The summed E-state index contributed by atoms with van der Waals surface area (Å²) in [6.45, 7) is 0. The van der Waals surface area contributed by atoms with Crippen LogP contribution in [0.25, 0.3) is 0 Å². The summed E-state index contributed by atoms with van der Waals surface area (Å²) in [5.41, 5.74) is 0. The van der Waals surface area contributed by atoms with E-state index in [-0.39, 0.29) is 0 Å². The van der Waals surface area contributed by atoms with Crippen molar-refractivity contribution < 1.29 is 14.7 Å². The monoisotopic (exact) mass is 134 g/mol. The van der Waals surface area contributed by atoms with E-state index in [2.05, 4.69) is 16.8 Å². The van der Waals surface area contributed by atoms with E-state index in [0.29, 0.717) is 0 Å². The molecule has 0 aliphatic carbocycles. The number of amides is 1. The third-order valence-corrected chi connectivity index (χ3v) is 0.234. The molecule has 6 heteroatoms. The Kier molecular flexibility index (Phi) is 11.6. The number of rotatable bonds is 0. The van der Waals surface area contributed by atoms with E-state index in [1.165, 1.54) is 0 Å². The Morgan fingerprint density at radius 2 is 2.00 bits per heavy atom. The van der Waals surface area contributed by atoms with Crippen LogP contribution in [0.5, 0.6) is 0 Å². The first kappa shape index (κ1) is 9.98.